The summed E-state index contributed by atoms with van der Waals surface area (Å²) in [5.41, 5.74) is 2.15. The molecule has 0 saturated carbocycles. The van der Waals surface area contributed by atoms with Gasteiger partial charge in [0.2, 0.25) is 0 Å². The van der Waals surface area contributed by atoms with Crippen molar-refractivity contribution in [2.75, 3.05) is 75.3 Å². The maximum Gasteiger partial charge on any atom is 0.120 e. The van der Waals surface area contributed by atoms with Crippen LogP contribution in [0.25, 0.3) is 0 Å². The minimum Gasteiger partial charge on any atom is -0.494 e. The molecule has 0 aromatic heterocycles. The van der Waals surface area contributed by atoms with Gasteiger partial charge in [-0.15, -0.1) is 12.4 Å². The average molecular weight is 576 g/mol. The molecule has 2 aromatic carbocycles. The molecule has 2 fully saturated rings. The van der Waals surface area contributed by atoms with E-state index in [9.17, 15) is 0 Å². The highest BCUT2D eigenvalue weighted by atomic mass is 35.5. The van der Waals surface area contributed by atoms with Crippen molar-refractivity contribution in [3.63, 3.8) is 0 Å². The van der Waals surface area contributed by atoms with Crippen molar-refractivity contribution in [1.29, 1.82) is 0 Å². The van der Waals surface area contributed by atoms with E-state index in [2.05, 4.69) is 45.6 Å². The van der Waals surface area contributed by atoms with Crippen LogP contribution in [-0.4, -0.2) is 81.4 Å². The van der Waals surface area contributed by atoms with Crippen LogP contribution in [0.3, 0.4) is 0 Å². The molecule has 0 amide bonds. The smallest absolute Gasteiger partial charge is 0.120 e. The number of nitrogens with zero attached hydrogens (tertiary/aromatic N) is 4. The second kappa shape index (κ2) is 14.2. The van der Waals surface area contributed by atoms with Gasteiger partial charge in [0.05, 0.1) is 33.0 Å². The first-order valence-corrected chi connectivity index (χ1v) is 13.9. The number of anilines is 2. The van der Waals surface area contributed by atoms with Crippen LogP contribution >= 0.6 is 47.2 Å². The second-order valence-electron chi connectivity index (χ2n) is 9.69. The first-order chi connectivity index (χ1) is 16.9. The van der Waals surface area contributed by atoms with Gasteiger partial charge in [-0.2, -0.15) is 0 Å². The summed E-state index contributed by atoms with van der Waals surface area (Å²) < 4.78 is 6.00. The fraction of sp³-hybridized carbons (Fsp3) is 0.556. The van der Waals surface area contributed by atoms with Crippen molar-refractivity contribution in [3.8, 4) is 5.75 Å². The van der Waals surface area contributed by atoms with Gasteiger partial charge in [0.25, 0.3) is 0 Å². The fourth-order valence-electron chi connectivity index (χ4n) is 4.89. The van der Waals surface area contributed by atoms with Gasteiger partial charge in [0, 0.05) is 64.5 Å². The number of ether oxygens (including phenoxy) is 1. The molecule has 0 spiro atoms. The van der Waals surface area contributed by atoms with Gasteiger partial charge in [-0.25, -0.2) is 0 Å². The molecule has 0 bridgehead atoms. The van der Waals surface area contributed by atoms with Crippen LogP contribution in [0.5, 0.6) is 5.75 Å². The van der Waals surface area contributed by atoms with E-state index in [4.69, 9.17) is 39.5 Å². The Morgan fingerprint density at radius 2 is 1.44 bits per heavy atom. The summed E-state index contributed by atoms with van der Waals surface area (Å²) in [4.78, 5) is 9.73. The van der Waals surface area contributed by atoms with E-state index in [-0.39, 0.29) is 12.4 Å². The molecule has 36 heavy (non-hydrogen) atoms. The minimum absolute atomic E-state index is 0. The summed E-state index contributed by atoms with van der Waals surface area (Å²) in [6.07, 6.45) is 2.14. The highest BCUT2D eigenvalue weighted by Gasteiger charge is 2.21. The third-order valence-electron chi connectivity index (χ3n) is 7.09. The van der Waals surface area contributed by atoms with Crippen LogP contribution in [-0.2, 0) is 0 Å². The monoisotopic (exact) mass is 574 g/mol. The maximum absolute atomic E-state index is 6.62. The normalized spacial score (nSPS) is 17.4. The zero-order valence-electron chi connectivity index (χ0n) is 21.3. The molecule has 2 aliphatic heterocycles. The maximum atomic E-state index is 6.62. The molecule has 0 N–H and O–H groups in total. The molecule has 5 nitrogen and oxygen atoms in total. The highest BCUT2D eigenvalue weighted by molar-refractivity contribution is 6.43. The lowest BCUT2D eigenvalue weighted by molar-refractivity contribution is 0.209. The van der Waals surface area contributed by atoms with Crippen LogP contribution in [0.15, 0.2) is 36.4 Å². The Bertz CT molecular complexity index is 961. The third kappa shape index (κ3) is 7.72. The lowest BCUT2D eigenvalue weighted by Crippen LogP contribution is -2.49. The van der Waals surface area contributed by atoms with Crippen LogP contribution in [0, 0.1) is 0 Å². The molecule has 0 aliphatic carbocycles. The van der Waals surface area contributed by atoms with Crippen LogP contribution < -0.4 is 14.5 Å². The Balaban J connectivity index is 0.00000361. The molecule has 2 aliphatic rings. The van der Waals surface area contributed by atoms with Crippen LogP contribution in [0.4, 0.5) is 11.4 Å². The Morgan fingerprint density at radius 1 is 0.778 bits per heavy atom. The Labute approximate surface area is 237 Å². The summed E-state index contributed by atoms with van der Waals surface area (Å²) in [5, 5.41) is 2.05. The van der Waals surface area contributed by atoms with E-state index in [0.717, 1.165) is 93.9 Å². The predicted molar refractivity (Wildman–Crippen MR) is 157 cm³/mol. The lowest BCUT2D eigenvalue weighted by Gasteiger charge is -2.38. The number of piperazine rings is 2. The molecule has 4 rings (SSSR count). The second-order valence-corrected chi connectivity index (χ2v) is 10.9. The largest absolute Gasteiger partial charge is 0.494 e. The Hall–Kier alpha value is -1.08. The summed E-state index contributed by atoms with van der Waals surface area (Å²) in [5.74, 6) is 0.853. The van der Waals surface area contributed by atoms with Crippen molar-refractivity contribution >= 4 is 58.6 Å². The zero-order chi connectivity index (χ0) is 24.8. The van der Waals surface area contributed by atoms with Crippen molar-refractivity contribution in [2.45, 2.75) is 32.7 Å². The van der Waals surface area contributed by atoms with E-state index in [0.29, 0.717) is 22.7 Å². The minimum atomic E-state index is 0. The standard InChI is InChI=1S/C27H37Cl3N4O.ClH/c1-21(2)32-15-17-33(18-16-32)25-9-8-22(20-24(25)29)35-19-4-3-10-31-11-13-34(14-12-31)26-7-5-6-23(28)27(26)30;/h5-9,20-21H,3-4,10-19H2,1-2H3;1H. The van der Waals surface area contributed by atoms with Gasteiger partial charge >= 0.3 is 0 Å². The van der Waals surface area contributed by atoms with E-state index < -0.39 is 0 Å². The summed E-state index contributed by atoms with van der Waals surface area (Å²) in [7, 11) is 0. The van der Waals surface area contributed by atoms with E-state index in [1.807, 2.05) is 24.3 Å². The molecule has 200 valence electrons. The molecular formula is C27H38Cl4N4O. The van der Waals surface area contributed by atoms with Crippen LogP contribution in [0.2, 0.25) is 15.1 Å². The topological polar surface area (TPSA) is 22.2 Å². The SMILES string of the molecule is CC(C)N1CCN(c2ccc(OCCCCN3CCN(c4cccc(Cl)c4Cl)CC3)cc2Cl)CC1.Cl. The lowest BCUT2D eigenvalue weighted by atomic mass is 10.2. The zero-order valence-corrected chi connectivity index (χ0v) is 24.4. The van der Waals surface area contributed by atoms with Gasteiger partial charge < -0.3 is 14.5 Å². The number of halogens is 4. The van der Waals surface area contributed by atoms with Crippen molar-refractivity contribution < 1.29 is 4.74 Å². The Morgan fingerprint density at radius 3 is 2.11 bits per heavy atom. The average Bonchev–Trinajstić information content (AvgIpc) is 2.86. The van der Waals surface area contributed by atoms with E-state index in [1.165, 1.54) is 0 Å². The molecule has 2 saturated heterocycles. The molecule has 2 heterocycles. The number of unbranched alkanes of at least 4 members (excludes halogenated alkanes) is 1. The molecule has 9 heteroatoms. The first kappa shape index (κ1) is 29.5. The van der Waals surface area contributed by atoms with Gasteiger partial charge in [0.1, 0.15) is 5.75 Å². The van der Waals surface area contributed by atoms with E-state index in [1.54, 1.807) is 0 Å². The highest BCUT2D eigenvalue weighted by Crippen LogP contribution is 2.33. The van der Waals surface area contributed by atoms with Crippen molar-refractivity contribution in [1.82, 2.24) is 9.80 Å². The quantitative estimate of drug-likeness (QED) is 0.314. The summed E-state index contributed by atoms with van der Waals surface area (Å²) in [6.45, 7) is 14.5. The molecule has 0 radical (unpaired) electrons. The number of hydrogen-bond donors (Lipinski definition) is 0. The van der Waals surface area contributed by atoms with Crippen LogP contribution in [0.1, 0.15) is 26.7 Å². The number of rotatable bonds is 9. The third-order valence-corrected chi connectivity index (χ3v) is 8.20. The summed E-state index contributed by atoms with van der Waals surface area (Å²) in [6, 6.07) is 12.6. The molecule has 0 atom stereocenters. The first-order valence-electron chi connectivity index (χ1n) is 12.7. The van der Waals surface area contributed by atoms with Gasteiger partial charge in [-0.3, -0.25) is 9.80 Å². The van der Waals surface area contributed by atoms with Gasteiger partial charge in [0.15, 0.2) is 0 Å². The predicted octanol–water partition coefficient (Wildman–Crippen LogP) is 6.58. The number of benzene rings is 2. The fourth-order valence-corrected chi connectivity index (χ4v) is 5.59. The van der Waals surface area contributed by atoms with Crippen molar-refractivity contribution in [3.05, 3.63) is 51.5 Å². The molecule has 2 aromatic rings. The van der Waals surface area contributed by atoms with Crippen molar-refractivity contribution in [2.24, 2.45) is 0 Å². The van der Waals surface area contributed by atoms with Gasteiger partial charge in [-0.1, -0.05) is 40.9 Å². The van der Waals surface area contributed by atoms with Gasteiger partial charge in [-0.05, 0) is 57.5 Å². The number of hydrogen-bond acceptors (Lipinski definition) is 5. The summed E-state index contributed by atoms with van der Waals surface area (Å²) >= 11 is 19.2. The molecular weight excluding hydrogens is 538 g/mol. The van der Waals surface area contributed by atoms with E-state index >= 15 is 0 Å². The Kier molecular flexibility index (Phi) is 11.6. The molecule has 0 unspecified atom stereocenters.